The summed E-state index contributed by atoms with van der Waals surface area (Å²) in [6.07, 6.45) is 0. The van der Waals surface area contributed by atoms with Gasteiger partial charge in [-0.2, -0.15) is 0 Å². The van der Waals surface area contributed by atoms with Crippen LogP contribution in [0, 0.1) is 0 Å². The Labute approximate surface area is 318 Å². The molecule has 0 N–H and O–H groups in total. The number of fused-ring (bicyclic) bond motifs is 10. The summed E-state index contributed by atoms with van der Waals surface area (Å²) in [5.74, 6) is 0.719. The molecular weight excluding hydrogens is 673 g/mol. The maximum absolute atomic E-state index is 5.24. The van der Waals surface area contributed by atoms with Gasteiger partial charge >= 0.3 is 0 Å². The molecule has 1 aliphatic heterocycles. The lowest BCUT2D eigenvalue weighted by atomic mass is 9.66. The Kier molecular flexibility index (Phi) is 7.05. The molecule has 8 aromatic carbocycles. The molecule has 0 bridgehead atoms. The van der Waals surface area contributed by atoms with E-state index in [0.29, 0.717) is 0 Å². The Morgan fingerprint density at radius 2 is 0.889 bits per heavy atom. The van der Waals surface area contributed by atoms with Gasteiger partial charge in [-0.15, -0.1) is 0 Å². The van der Waals surface area contributed by atoms with E-state index in [1.807, 2.05) is 17.8 Å². The van der Waals surface area contributed by atoms with Crippen molar-refractivity contribution in [2.45, 2.75) is 15.2 Å². The highest BCUT2D eigenvalue weighted by Gasteiger charge is 2.51. The van der Waals surface area contributed by atoms with Crippen LogP contribution in [-0.4, -0.2) is 9.97 Å². The molecule has 0 atom stereocenters. The minimum absolute atomic E-state index is 0.438. The zero-order valence-corrected chi connectivity index (χ0v) is 30.1. The highest BCUT2D eigenvalue weighted by atomic mass is 32.2. The quantitative estimate of drug-likeness (QED) is 0.182. The van der Waals surface area contributed by atoms with Crippen LogP contribution in [0.3, 0.4) is 0 Å². The monoisotopic (exact) mass is 704 g/mol. The van der Waals surface area contributed by atoms with Gasteiger partial charge in [0.25, 0.3) is 0 Å². The van der Waals surface area contributed by atoms with E-state index >= 15 is 0 Å². The highest BCUT2D eigenvalue weighted by Crippen LogP contribution is 2.63. The maximum Gasteiger partial charge on any atom is 0.160 e. The topological polar surface area (TPSA) is 25.8 Å². The summed E-state index contributed by atoms with van der Waals surface area (Å²) in [7, 11) is 0. The van der Waals surface area contributed by atoms with Gasteiger partial charge in [-0.1, -0.05) is 188 Å². The van der Waals surface area contributed by atoms with Crippen LogP contribution in [0.2, 0.25) is 0 Å². The molecule has 0 unspecified atom stereocenters. The number of nitrogens with zero attached hydrogens (tertiary/aromatic N) is 2. The minimum atomic E-state index is -0.438. The molecule has 9 aromatic rings. The summed E-state index contributed by atoms with van der Waals surface area (Å²) in [4.78, 5) is 12.9. The van der Waals surface area contributed by atoms with E-state index in [9.17, 15) is 0 Å². The Hall–Kier alpha value is -6.55. The molecule has 2 heterocycles. The second kappa shape index (κ2) is 12.3. The molecule has 252 valence electrons. The number of aromatic nitrogens is 2. The van der Waals surface area contributed by atoms with Gasteiger partial charge in [0.15, 0.2) is 5.82 Å². The lowest BCUT2D eigenvalue weighted by molar-refractivity contribution is 0.724. The van der Waals surface area contributed by atoms with Crippen LogP contribution in [0.4, 0.5) is 0 Å². The fourth-order valence-electron chi connectivity index (χ4n) is 8.83. The van der Waals surface area contributed by atoms with Crippen molar-refractivity contribution in [3.8, 4) is 56.0 Å². The van der Waals surface area contributed by atoms with E-state index in [2.05, 4.69) is 188 Å². The van der Waals surface area contributed by atoms with E-state index in [-0.39, 0.29) is 0 Å². The van der Waals surface area contributed by atoms with Crippen molar-refractivity contribution in [1.29, 1.82) is 0 Å². The SMILES string of the molecule is c1ccc(-c2ccc(-c3nc(-c4ccc(-c5cccc6c5C5(c7ccccc7Sc7ccccc75)c5ccccc5-6)cc4)nc4ccccc34)cc2)cc1. The average Bonchev–Trinajstić information content (AvgIpc) is 3.55. The fourth-order valence-corrected chi connectivity index (χ4v) is 10.0. The van der Waals surface area contributed by atoms with Crippen molar-refractivity contribution in [1.82, 2.24) is 9.97 Å². The van der Waals surface area contributed by atoms with Crippen molar-refractivity contribution in [3.05, 3.63) is 216 Å². The van der Waals surface area contributed by atoms with Crippen molar-refractivity contribution in [2.24, 2.45) is 0 Å². The summed E-state index contributed by atoms with van der Waals surface area (Å²) in [5, 5.41) is 1.04. The van der Waals surface area contributed by atoms with Crippen molar-refractivity contribution in [2.75, 3.05) is 0 Å². The molecule has 3 heteroatoms. The summed E-state index contributed by atoms with van der Waals surface area (Å²) in [5.41, 5.74) is 16.3. The first-order chi connectivity index (χ1) is 26.8. The molecule has 0 amide bonds. The molecule has 2 nitrogen and oxygen atoms in total. The normalized spacial score (nSPS) is 13.3. The number of hydrogen-bond donors (Lipinski definition) is 0. The van der Waals surface area contributed by atoms with Crippen molar-refractivity contribution in [3.63, 3.8) is 0 Å². The van der Waals surface area contributed by atoms with E-state index in [1.54, 1.807) is 0 Å². The first kappa shape index (κ1) is 31.0. The molecule has 1 spiro atoms. The van der Waals surface area contributed by atoms with Crippen LogP contribution >= 0.6 is 11.8 Å². The lowest BCUT2D eigenvalue weighted by Crippen LogP contribution is -2.32. The maximum atomic E-state index is 5.24. The Balaban J connectivity index is 1.06. The third kappa shape index (κ3) is 4.62. The first-order valence-electron chi connectivity index (χ1n) is 18.4. The van der Waals surface area contributed by atoms with Crippen LogP contribution in [0.1, 0.15) is 22.3 Å². The van der Waals surface area contributed by atoms with Gasteiger partial charge in [0.1, 0.15) is 0 Å². The first-order valence-corrected chi connectivity index (χ1v) is 19.2. The standard InChI is InChI=1S/C51H32N2S/c1-2-13-33(14-3-1)34-25-29-36(30-26-34)49-41-16-5-9-22-45(41)52-50(53-49)37-31-27-35(28-32-37)38-17-12-18-40-39-15-4-6-19-42(39)51(48(38)40)43-20-7-10-23-46(43)54-47-24-11-8-21-44(47)51/h1-32H. The second-order valence-electron chi connectivity index (χ2n) is 14.1. The van der Waals surface area contributed by atoms with Crippen LogP contribution in [0.25, 0.3) is 66.9 Å². The zero-order valence-electron chi connectivity index (χ0n) is 29.3. The molecule has 54 heavy (non-hydrogen) atoms. The predicted molar refractivity (Wildman–Crippen MR) is 223 cm³/mol. The number of benzene rings is 8. The highest BCUT2D eigenvalue weighted by molar-refractivity contribution is 7.99. The summed E-state index contributed by atoms with van der Waals surface area (Å²) < 4.78 is 0. The summed E-state index contributed by atoms with van der Waals surface area (Å²) in [6.45, 7) is 0. The van der Waals surface area contributed by atoms with Gasteiger partial charge in [-0.3, -0.25) is 0 Å². The predicted octanol–water partition coefficient (Wildman–Crippen LogP) is 13.1. The van der Waals surface area contributed by atoms with Crippen LogP contribution < -0.4 is 0 Å². The van der Waals surface area contributed by atoms with Gasteiger partial charge in [-0.25, -0.2) is 9.97 Å². The van der Waals surface area contributed by atoms with Gasteiger partial charge in [-0.05, 0) is 73.8 Å². The molecule has 2 aliphatic rings. The van der Waals surface area contributed by atoms with E-state index < -0.39 is 5.41 Å². The lowest BCUT2D eigenvalue weighted by Gasteiger charge is -2.40. The van der Waals surface area contributed by atoms with Crippen LogP contribution in [0.5, 0.6) is 0 Å². The van der Waals surface area contributed by atoms with Gasteiger partial charge in [0.05, 0.1) is 16.6 Å². The Morgan fingerprint density at radius 3 is 1.65 bits per heavy atom. The van der Waals surface area contributed by atoms with Gasteiger partial charge in [0.2, 0.25) is 0 Å². The molecule has 0 fully saturated rings. The second-order valence-corrected chi connectivity index (χ2v) is 15.1. The van der Waals surface area contributed by atoms with Crippen LogP contribution in [-0.2, 0) is 5.41 Å². The van der Waals surface area contributed by atoms with E-state index in [4.69, 9.17) is 9.97 Å². The third-order valence-electron chi connectivity index (χ3n) is 11.2. The number of hydrogen-bond acceptors (Lipinski definition) is 3. The third-order valence-corrected chi connectivity index (χ3v) is 12.3. The molecule has 0 saturated carbocycles. The molecule has 0 saturated heterocycles. The molecule has 1 aromatic heterocycles. The van der Waals surface area contributed by atoms with Crippen molar-refractivity contribution >= 4 is 22.7 Å². The van der Waals surface area contributed by atoms with E-state index in [1.165, 1.54) is 65.4 Å². The number of para-hydroxylation sites is 1. The number of rotatable bonds is 4. The Morgan fingerprint density at radius 1 is 0.352 bits per heavy atom. The van der Waals surface area contributed by atoms with Crippen molar-refractivity contribution < 1.29 is 0 Å². The fraction of sp³-hybridized carbons (Fsp3) is 0.0196. The smallest absolute Gasteiger partial charge is 0.160 e. The average molecular weight is 705 g/mol. The molecular formula is C51H32N2S. The van der Waals surface area contributed by atoms with Crippen LogP contribution in [0.15, 0.2) is 204 Å². The minimum Gasteiger partial charge on any atom is -0.228 e. The molecule has 0 radical (unpaired) electrons. The zero-order chi connectivity index (χ0) is 35.6. The molecule has 11 rings (SSSR count). The Bertz CT molecular complexity index is 2850. The summed E-state index contributed by atoms with van der Waals surface area (Å²) in [6, 6.07) is 70.2. The summed E-state index contributed by atoms with van der Waals surface area (Å²) >= 11 is 1.88. The largest absolute Gasteiger partial charge is 0.228 e. The van der Waals surface area contributed by atoms with E-state index in [0.717, 1.165) is 33.5 Å². The van der Waals surface area contributed by atoms with Gasteiger partial charge < -0.3 is 0 Å². The molecule has 1 aliphatic carbocycles. The van der Waals surface area contributed by atoms with Gasteiger partial charge in [0, 0.05) is 26.3 Å².